The Labute approximate surface area is 189 Å². The predicted octanol–water partition coefficient (Wildman–Crippen LogP) is 4.10. The number of nitrogens with zero attached hydrogens (tertiary/aromatic N) is 1. The number of nitrogens with one attached hydrogen (secondary N) is 1. The molecule has 1 aliphatic rings. The number of benzene rings is 2. The molecule has 0 radical (unpaired) electrons. The second-order valence-electron chi connectivity index (χ2n) is 7.90. The van der Waals surface area contributed by atoms with Gasteiger partial charge in [-0.2, -0.15) is 4.31 Å². The highest BCUT2D eigenvalue weighted by molar-refractivity contribution is 7.89. The Morgan fingerprint density at radius 2 is 2.00 bits per heavy atom. The first-order valence-electron chi connectivity index (χ1n) is 10.6. The highest BCUT2D eigenvalue weighted by atomic mass is 35.5. The average molecular weight is 465 g/mol. The van der Waals surface area contributed by atoms with Crippen LogP contribution in [0.1, 0.15) is 42.1 Å². The SMILES string of the molecule is CC1CCCN(S(=O)(=O)c2cc(C(=O)NCCCOCc3ccccc3)ccc2Cl)C1. The summed E-state index contributed by atoms with van der Waals surface area (Å²) >= 11 is 6.20. The number of rotatable bonds is 9. The quantitative estimate of drug-likeness (QED) is 0.567. The van der Waals surface area contributed by atoms with Crippen molar-refractivity contribution in [2.45, 2.75) is 37.7 Å². The molecular formula is C23H29ClN2O4S. The number of amides is 1. The van der Waals surface area contributed by atoms with E-state index in [2.05, 4.69) is 5.32 Å². The summed E-state index contributed by atoms with van der Waals surface area (Å²) in [4.78, 5) is 12.5. The van der Waals surface area contributed by atoms with Crippen LogP contribution < -0.4 is 5.32 Å². The van der Waals surface area contributed by atoms with E-state index >= 15 is 0 Å². The third-order valence-corrected chi connectivity index (χ3v) is 7.64. The second-order valence-corrected chi connectivity index (χ2v) is 10.2. The van der Waals surface area contributed by atoms with Crippen LogP contribution in [0.5, 0.6) is 0 Å². The van der Waals surface area contributed by atoms with Crippen LogP contribution in [-0.4, -0.2) is 44.9 Å². The summed E-state index contributed by atoms with van der Waals surface area (Å²) in [6.45, 7) is 4.46. The van der Waals surface area contributed by atoms with E-state index in [0.29, 0.717) is 45.2 Å². The first-order chi connectivity index (χ1) is 14.9. The fraction of sp³-hybridized carbons (Fsp3) is 0.435. The molecule has 31 heavy (non-hydrogen) atoms. The third kappa shape index (κ3) is 6.53. The lowest BCUT2D eigenvalue weighted by Gasteiger charge is -2.30. The van der Waals surface area contributed by atoms with E-state index < -0.39 is 10.0 Å². The van der Waals surface area contributed by atoms with Crippen molar-refractivity contribution in [3.05, 3.63) is 64.7 Å². The van der Waals surface area contributed by atoms with Gasteiger partial charge in [0, 0.05) is 31.8 Å². The van der Waals surface area contributed by atoms with Crippen molar-refractivity contribution in [3.8, 4) is 0 Å². The van der Waals surface area contributed by atoms with E-state index in [4.69, 9.17) is 16.3 Å². The largest absolute Gasteiger partial charge is 0.377 e. The van der Waals surface area contributed by atoms with Crippen LogP contribution in [-0.2, 0) is 21.4 Å². The zero-order valence-electron chi connectivity index (χ0n) is 17.7. The van der Waals surface area contributed by atoms with Gasteiger partial charge in [-0.1, -0.05) is 48.9 Å². The van der Waals surface area contributed by atoms with Gasteiger partial charge >= 0.3 is 0 Å². The van der Waals surface area contributed by atoms with Crippen molar-refractivity contribution in [1.29, 1.82) is 0 Å². The number of halogens is 1. The number of hydrogen-bond donors (Lipinski definition) is 1. The second kappa shape index (κ2) is 11.1. The normalized spacial score (nSPS) is 17.4. The van der Waals surface area contributed by atoms with Crippen LogP contribution in [0.3, 0.4) is 0 Å². The van der Waals surface area contributed by atoms with Crippen LogP contribution in [0.4, 0.5) is 0 Å². The van der Waals surface area contributed by atoms with Crippen LogP contribution in [0.15, 0.2) is 53.4 Å². The van der Waals surface area contributed by atoms with Gasteiger partial charge in [-0.3, -0.25) is 4.79 Å². The summed E-state index contributed by atoms with van der Waals surface area (Å²) in [6, 6.07) is 14.3. The molecule has 1 N–H and O–H groups in total. The highest BCUT2D eigenvalue weighted by Gasteiger charge is 2.30. The minimum absolute atomic E-state index is 0.0119. The minimum atomic E-state index is -3.74. The zero-order valence-corrected chi connectivity index (χ0v) is 19.3. The molecule has 0 bridgehead atoms. The van der Waals surface area contributed by atoms with Gasteiger partial charge in [-0.15, -0.1) is 0 Å². The maximum atomic E-state index is 13.1. The van der Waals surface area contributed by atoms with E-state index in [1.54, 1.807) is 6.07 Å². The Hall–Kier alpha value is -1.93. The molecule has 1 atom stereocenters. The minimum Gasteiger partial charge on any atom is -0.377 e. The molecule has 168 valence electrons. The molecular weight excluding hydrogens is 436 g/mol. The number of carbonyl (C=O) groups is 1. The summed E-state index contributed by atoms with van der Waals surface area (Å²) in [6.07, 6.45) is 2.49. The molecule has 8 heteroatoms. The molecule has 2 aromatic rings. The molecule has 3 rings (SSSR count). The van der Waals surface area contributed by atoms with Crippen LogP contribution >= 0.6 is 11.6 Å². The van der Waals surface area contributed by atoms with Crippen molar-refractivity contribution in [2.24, 2.45) is 5.92 Å². The van der Waals surface area contributed by atoms with Gasteiger partial charge in [0.05, 0.1) is 11.6 Å². The van der Waals surface area contributed by atoms with Gasteiger partial charge < -0.3 is 10.1 Å². The van der Waals surface area contributed by atoms with Gasteiger partial charge in [0.2, 0.25) is 10.0 Å². The lowest BCUT2D eigenvalue weighted by Crippen LogP contribution is -2.39. The molecule has 0 aliphatic carbocycles. The molecule has 1 aliphatic heterocycles. The van der Waals surface area contributed by atoms with E-state index in [-0.39, 0.29) is 21.4 Å². The Morgan fingerprint density at radius 1 is 1.23 bits per heavy atom. The maximum absolute atomic E-state index is 13.1. The van der Waals surface area contributed by atoms with E-state index in [0.717, 1.165) is 18.4 Å². The molecule has 1 heterocycles. The summed E-state index contributed by atoms with van der Waals surface area (Å²) in [5, 5.41) is 2.94. The molecule has 6 nitrogen and oxygen atoms in total. The first kappa shape index (κ1) is 23.7. The Kier molecular flexibility index (Phi) is 8.49. The van der Waals surface area contributed by atoms with Crippen molar-refractivity contribution >= 4 is 27.5 Å². The molecule has 1 amide bonds. The van der Waals surface area contributed by atoms with Gasteiger partial charge in [0.25, 0.3) is 5.91 Å². The molecule has 0 aromatic heterocycles. The number of sulfonamides is 1. The molecule has 0 spiro atoms. The highest BCUT2D eigenvalue weighted by Crippen LogP contribution is 2.29. The number of hydrogen-bond acceptors (Lipinski definition) is 4. The smallest absolute Gasteiger partial charge is 0.251 e. The lowest BCUT2D eigenvalue weighted by molar-refractivity contribution is 0.0934. The monoisotopic (exact) mass is 464 g/mol. The standard InChI is InChI=1S/C23H29ClN2O4S/c1-18-7-5-13-26(16-18)31(28,29)22-15-20(10-11-21(22)24)23(27)25-12-6-14-30-17-19-8-3-2-4-9-19/h2-4,8-11,15,18H,5-7,12-14,16-17H2,1H3,(H,25,27). The molecule has 1 saturated heterocycles. The van der Waals surface area contributed by atoms with Crippen LogP contribution in [0, 0.1) is 5.92 Å². The Bertz CT molecular complexity index is 982. The number of carbonyl (C=O) groups excluding carboxylic acids is 1. The maximum Gasteiger partial charge on any atom is 0.251 e. The first-order valence-corrected chi connectivity index (χ1v) is 12.4. The zero-order chi connectivity index (χ0) is 22.3. The fourth-order valence-corrected chi connectivity index (χ4v) is 5.69. The summed E-state index contributed by atoms with van der Waals surface area (Å²) < 4.78 is 33.2. The molecule has 0 saturated carbocycles. The molecule has 2 aromatic carbocycles. The average Bonchev–Trinajstić information content (AvgIpc) is 2.77. The molecule has 1 fully saturated rings. The van der Waals surface area contributed by atoms with Crippen molar-refractivity contribution < 1.29 is 17.9 Å². The fourth-order valence-electron chi connectivity index (χ4n) is 3.59. The lowest BCUT2D eigenvalue weighted by atomic mass is 10.0. The van der Waals surface area contributed by atoms with E-state index in [9.17, 15) is 13.2 Å². The van der Waals surface area contributed by atoms with Gasteiger partial charge in [0.1, 0.15) is 4.90 Å². The van der Waals surface area contributed by atoms with E-state index in [1.807, 2.05) is 37.3 Å². The molecule has 1 unspecified atom stereocenters. The van der Waals surface area contributed by atoms with Gasteiger partial charge in [-0.25, -0.2) is 8.42 Å². The summed E-state index contributed by atoms with van der Waals surface area (Å²) in [5.41, 5.74) is 1.38. The van der Waals surface area contributed by atoms with Gasteiger partial charge in [-0.05, 0) is 48.9 Å². The summed E-state index contributed by atoms with van der Waals surface area (Å²) in [7, 11) is -3.74. The van der Waals surface area contributed by atoms with E-state index in [1.165, 1.54) is 16.4 Å². The van der Waals surface area contributed by atoms with Crippen LogP contribution in [0.25, 0.3) is 0 Å². The van der Waals surface area contributed by atoms with Crippen LogP contribution in [0.2, 0.25) is 5.02 Å². The van der Waals surface area contributed by atoms with Crippen molar-refractivity contribution in [2.75, 3.05) is 26.2 Å². The third-order valence-electron chi connectivity index (χ3n) is 5.29. The predicted molar refractivity (Wildman–Crippen MR) is 122 cm³/mol. The van der Waals surface area contributed by atoms with Crippen molar-refractivity contribution in [1.82, 2.24) is 9.62 Å². The Morgan fingerprint density at radius 3 is 2.74 bits per heavy atom. The topological polar surface area (TPSA) is 75.7 Å². The Balaban J connectivity index is 1.53. The van der Waals surface area contributed by atoms with Crippen molar-refractivity contribution in [3.63, 3.8) is 0 Å². The number of piperidine rings is 1. The number of ether oxygens (including phenoxy) is 1. The summed E-state index contributed by atoms with van der Waals surface area (Å²) in [5.74, 6) is -0.0268. The van der Waals surface area contributed by atoms with Gasteiger partial charge in [0.15, 0.2) is 0 Å².